The van der Waals surface area contributed by atoms with Gasteiger partial charge in [-0.05, 0) is 12.5 Å². The van der Waals surface area contributed by atoms with E-state index < -0.39 is 37.3 Å². The zero-order valence-electron chi connectivity index (χ0n) is 11.2. The molecule has 20 heavy (non-hydrogen) atoms. The Balaban J connectivity index is 1.95. The highest BCUT2D eigenvalue weighted by Crippen LogP contribution is 2.22. The molecule has 6 nitrogen and oxygen atoms in total. The van der Waals surface area contributed by atoms with E-state index in [-0.39, 0.29) is 6.61 Å². The van der Waals surface area contributed by atoms with Crippen LogP contribution in [-0.4, -0.2) is 57.7 Å². The molecule has 1 saturated heterocycles. The Hall–Kier alpha value is -1.02. The fourth-order valence-electron chi connectivity index (χ4n) is 2.07. The quantitative estimate of drug-likeness (QED) is 0.584. The molecule has 0 aliphatic carbocycles. The van der Waals surface area contributed by atoms with Crippen LogP contribution in [0.1, 0.15) is 11.1 Å². The van der Waals surface area contributed by atoms with Gasteiger partial charge in [0.25, 0.3) is 0 Å². The van der Waals surface area contributed by atoms with E-state index >= 15 is 0 Å². The molecule has 2 rings (SSSR count). The van der Waals surface area contributed by atoms with Crippen molar-refractivity contribution in [3.05, 3.63) is 35.4 Å². The van der Waals surface area contributed by atoms with Crippen molar-refractivity contribution in [2.75, 3.05) is 6.61 Å². The monoisotopic (exact) mass is 284 g/mol. The molecule has 0 radical (unpaired) electrons. The summed E-state index contributed by atoms with van der Waals surface area (Å²) in [6.07, 6.45) is -6.18. The lowest BCUT2D eigenvalue weighted by atomic mass is 9.99. The summed E-state index contributed by atoms with van der Waals surface area (Å²) in [7, 11) is 0. The topological polar surface area (TPSA) is 99.4 Å². The molecule has 1 aliphatic rings. The maximum absolute atomic E-state index is 9.80. The van der Waals surface area contributed by atoms with Crippen LogP contribution in [0.25, 0.3) is 0 Å². The smallest absolute Gasteiger partial charge is 0.187 e. The van der Waals surface area contributed by atoms with Gasteiger partial charge >= 0.3 is 0 Å². The third kappa shape index (κ3) is 3.35. The summed E-state index contributed by atoms with van der Waals surface area (Å²) < 4.78 is 10.7. The number of aliphatic hydroxyl groups excluding tert-OH is 4. The van der Waals surface area contributed by atoms with Crippen LogP contribution in [0.3, 0.4) is 0 Å². The summed E-state index contributed by atoms with van der Waals surface area (Å²) in [4.78, 5) is 0. The lowest BCUT2D eigenvalue weighted by Crippen LogP contribution is -2.59. The van der Waals surface area contributed by atoms with E-state index in [2.05, 4.69) is 0 Å². The minimum absolute atomic E-state index is 0.197. The van der Waals surface area contributed by atoms with Crippen molar-refractivity contribution in [1.29, 1.82) is 0 Å². The van der Waals surface area contributed by atoms with Gasteiger partial charge in [-0.2, -0.15) is 0 Å². The summed E-state index contributed by atoms with van der Waals surface area (Å²) in [5.74, 6) is 0. The molecule has 1 aliphatic heterocycles. The zero-order valence-corrected chi connectivity index (χ0v) is 11.2. The Morgan fingerprint density at radius 3 is 2.30 bits per heavy atom. The Kier molecular flexibility index (Phi) is 5.09. The molecule has 1 unspecified atom stereocenters. The summed E-state index contributed by atoms with van der Waals surface area (Å²) in [5, 5.41) is 38.1. The van der Waals surface area contributed by atoms with Crippen molar-refractivity contribution in [2.45, 2.75) is 44.2 Å². The van der Waals surface area contributed by atoms with Gasteiger partial charge in [0, 0.05) is 0 Å². The molecular formula is C14H20O6. The largest absolute Gasteiger partial charge is 0.394 e. The fraction of sp³-hybridized carbons (Fsp3) is 0.571. The van der Waals surface area contributed by atoms with Crippen molar-refractivity contribution < 1.29 is 29.9 Å². The predicted molar refractivity (Wildman–Crippen MR) is 69.7 cm³/mol. The number of benzene rings is 1. The highest BCUT2D eigenvalue weighted by Gasteiger charge is 2.43. The van der Waals surface area contributed by atoms with Crippen LogP contribution < -0.4 is 0 Å². The molecule has 0 saturated carbocycles. The first-order chi connectivity index (χ1) is 9.52. The third-order valence-electron chi connectivity index (χ3n) is 3.38. The molecule has 0 bridgehead atoms. The van der Waals surface area contributed by atoms with Gasteiger partial charge < -0.3 is 29.9 Å². The second-order valence-electron chi connectivity index (χ2n) is 4.99. The number of hydrogen-bond acceptors (Lipinski definition) is 6. The van der Waals surface area contributed by atoms with Gasteiger partial charge in [0.15, 0.2) is 6.29 Å². The van der Waals surface area contributed by atoms with Crippen LogP contribution in [0.15, 0.2) is 24.3 Å². The highest BCUT2D eigenvalue weighted by molar-refractivity contribution is 5.20. The second kappa shape index (κ2) is 6.62. The van der Waals surface area contributed by atoms with Crippen LogP contribution in [0, 0.1) is 6.92 Å². The van der Waals surface area contributed by atoms with Gasteiger partial charge in [-0.1, -0.05) is 29.8 Å². The van der Waals surface area contributed by atoms with Crippen LogP contribution in [-0.2, 0) is 16.1 Å². The highest BCUT2D eigenvalue weighted by atomic mass is 16.7. The fourth-order valence-corrected chi connectivity index (χ4v) is 2.07. The van der Waals surface area contributed by atoms with Crippen molar-refractivity contribution in [1.82, 2.24) is 0 Å². The van der Waals surface area contributed by atoms with Gasteiger partial charge in [-0.15, -0.1) is 0 Å². The van der Waals surface area contributed by atoms with E-state index in [1.165, 1.54) is 0 Å². The molecule has 1 aromatic rings. The first-order valence-corrected chi connectivity index (χ1v) is 6.50. The van der Waals surface area contributed by atoms with Gasteiger partial charge in [0.2, 0.25) is 0 Å². The molecule has 5 atom stereocenters. The first-order valence-electron chi connectivity index (χ1n) is 6.50. The number of rotatable bonds is 4. The lowest BCUT2D eigenvalue weighted by molar-refractivity contribution is -0.304. The second-order valence-corrected chi connectivity index (χ2v) is 4.99. The van der Waals surface area contributed by atoms with Gasteiger partial charge in [0.05, 0.1) is 13.2 Å². The summed E-state index contributed by atoms with van der Waals surface area (Å²) >= 11 is 0. The maximum Gasteiger partial charge on any atom is 0.187 e. The normalized spacial score (nSPS) is 34.1. The Morgan fingerprint density at radius 2 is 1.70 bits per heavy atom. The third-order valence-corrected chi connectivity index (χ3v) is 3.38. The van der Waals surface area contributed by atoms with Crippen molar-refractivity contribution in [2.24, 2.45) is 0 Å². The van der Waals surface area contributed by atoms with E-state index in [4.69, 9.17) is 14.6 Å². The van der Waals surface area contributed by atoms with Crippen LogP contribution in [0.5, 0.6) is 0 Å². The van der Waals surface area contributed by atoms with E-state index in [1.807, 2.05) is 31.2 Å². The number of hydrogen-bond donors (Lipinski definition) is 4. The molecule has 1 aromatic carbocycles. The van der Waals surface area contributed by atoms with Gasteiger partial charge in [-0.25, -0.2) is 0 Å². The Morgan fingerprint density at radius 1 is 1.05 bits per heavy atom. The Bertz CT molecular complexity index is 418. The molecule has 1 fully saturated rings. The molecule has 0 spiro atoms. The molecular weight excluding hydrogens is 264 g/mol. The molecule has 112 valence electrons. The lowest BCUT2D eigenvalue weighted by Gasteiger charge is -2.39. The molecule has 0 aromatic heterocycles. The molecule has 1 heterocycles. The van der Waals surface area contributed by atoms with Crippen molar-refractivity contribution in [3.63, 3.8) is 0 Å². The SMILES string of the molecule is Cc1ccc(COC2O[C@H](CO)[C@@H](O)[C@H](O)[C@H]2O)cc1. The summed E-state index contributed by atoms with van der Waals surface area (Å²) in [6.45, 7) is 1.71. The average molecular weight is 284 g/mol. The van der Waals surface area contributed by atoms with Crippen LogP contribution >= 0.6 is 0 Å². The Labute approximate surface area is 117 Å². The molecule has 6 heteroatoms. The summed E-state index contributed by atoms with van der Waals surface area (Å²) in [5.41, 5.74) is 2.02. The van der Waals surface area contributed by atoms with E-state index in [0.717, 1.165) is 11.1 Å². The van der Waals surface area contributed by atoms with Crippen molar-refractivity contribution in [3.8, 4) is 0 Å². The number of aliphatic hydroxyl groups is 4. The number of ether oxygens (including phenoxy) is 2. The minimum atomic E-state index is -1.41. The molecule has 0 amide bonds. The van der Waals surface area contributed by atoms with Gasteiger partial charge in [-0.3, -0.25) is 0 Å². The predicted octanol–water partition coefficient (Wildman–Crippen LogP) is -0.688. The van der Waals surface area contributed by atoms with E-state index in [0.29, 0.717) is 0 Å². The zero-order chi connectivity index (χ0) is 14.7. The maximum atomic E-state index is 9.80. The van der Waals surface area contributed by atoms with Crippen molar-refractivity contribution >= 4 is 0 Å². The standard InChI is InChI=1S/C14H20O6/c1-8-2-4-9(5-3-8)7-19-14-13(18)12(17)11(16)10(6-15)20-14/h2-5,10-18H,6-7H2,1H3/t10-,11-,12+,13-,14?/m1/s1. The van der Waals surface area contributed by atoms with E-state index in [9.17, 15) is 15.3 Å². The summed E-state index contributed by atoms with van der Waals surface area (Å²) in [6, 6.07) is 7.65. The van der Waals surface area contributed by atoms with Crippen LogP contribution in [0.4, 0.5) is 0 Å². The number of aryl methyl sites for hydroxylation is 1. The minimum Gasteiger partial charge on any atom is -0.394 e. The first kappa shape index (κ1) is 15.4. The average Bonchev–Trinajstić information content (AvgIpc) is 2.46. The van der Waals surface area contributed by atoms with Crippen LogP contribution in [0.2, 0.25) is 0 Å². The molecule has 4 N–H and O–H groups in total. The van der Waals surface area contributed by atoms with Gasteiger partial charge in [0.1, 0.15) is 24.4 Å². The van der Waals surface area contributed by atoms with E-state index in [1.54, 1.807) is 0 Å².